The number of hydrogen-bond donors (Lipinski definition) is 1. The molecule has 0 aliphatic carbocycles. The highest BCUT2D eigenvalue weighted by atomic mass is 16.6. The van der Waals surface area contributed by atoms with Gasteiger partial charge in [-0.15, -0.1) is 0 Å². The van der Waals surface area contributed by atoms with Crippen LogP contribution in [0.4, 0.5) is 5.69 Å². The molecule has 0 atom stereocenters. The summed E-state index contributed by atoms with van der Waals surface area (Å²) in [6.07, 6.45) is 1.34. The summed E-state index contributed by atoms with van der Waals surface area (Å²) in [7, 11) is 2.67. The highest BCUT2D eigenvalue weighted by Gasteiger charge is 2.24. The molecule has 0 saturated heterocycles. The van der Waals surface area contributed by atoms with Crippen LogP contribution in [0, 0.1) is 10.1 Å². The summed E-state index contributed by atoms with van der Waals surface area (Å²) in [5.74, 6) is -0.471. The minimum Gasteiger partial charge on any atom is -0.493 e. The fraction of sp³-hybridized carbons (Fsp3) is 0.500. The van der Waals surface area contributed by atoms with Crippen molar-refractivity contribution in [3.05, 3.63) is 27.8 Å². The van der Waals surface area contributed by atoms with E-state index < -0.39 is 10.8 Å². The third-order valence-electron chi connectivity index (χ3n) is 3.34. The zero-order valence-electron chi connectivity index (χ0n) is 14.5. The molecule has 0 aromatic heterocycles. The topological polar surface area (TPSA) is 117 Å². The van der Waals surface area contributed by atoms with Crippen LogP contribution in [0.1, 0.15) is 36.5 Å². The maximum Gasteiger partial charge on any atom is 0.305 e. The first kappa shape index (κ1) is 20.2. The average molecular weight is 354 g/mol. The first-order valence-electron chi connectivity index (χ1n) is 7.78. The van der Waals surface area contributed by atoms with Crippen LogP contribution in [-0.4, -0.2) is 44.2 Å². The number of carbonyl (C=O) groups excluding carboxylic acids is 2. The van der Waals surface area contributed by atoms with E-state index in [1.807, 2.05) is 0 Å². The predicted molar refractivity (Wildman–Crippen MR) is 89.0 cm³/mol. The second kappa shape index (κ2) is 10.1. The zero-order valence-corrected chi connectivity index (χ0v) is 14.5. The second-order valence-corrected chi connectivity index (χ2v) is 5.00. The van der Waals surface area contributed by atoms with Gasteiger partial charge in [-0.05, 0) is 19.8 Å². The largest absolute Gasteiger partial charge is 0.493 e. The van der Waals surface area contributed by atoms with Gasteiger partial charge in [-0.25, -0.2) is 0 Å². The first-order valence-corrected chi connectivity index (χ1v) is 7.78. The van der Waals surface area contributed by atoms with Crippen molar-refractivity contribution in [2.75, 3.05) is 27.4 Å². The maximum atomic E-state index is 12.3. The molecule has 0 aliphatic heterocycles. The summed E-state index contributed by atoms with van der Waals surface area (Å²) in [6.45, 7) is 2.35. The van der Waals surface area contributed by atoms with Gasteiger partial charge < -0.3 is 19.5 Å². The van der Waals surface area contributed by atoms with Gasteiger partial charge in [0.2, 0.25) is 0 Å². The van der Waals surface area contributed by atoms with Crippen molar-refractivity contribution < 1.29 is 28.7 Å². The van der Waals surface area contributed by atoms with E-state index in [-0.39, 0.29) is 41.7 Å². The van der Waals surface area contributed by atoms with Crippen molar-refractivity contribution in [1.82, 2.24) is 5.32 Å². The quantitative estimate of drug-likeness (QED) is 0.296. The molecule has 0 saturated carbocycles. The van der Waals surface area contributed by atoms with Crippen LogP contribution in [0.25, 0.3) is 0 Å². The van der Waals surface area contributed by atoms with Gasteiger partial charge in [0.05, 0.1) is 31.8 Å². The minimum atomic E-state index is -0.648. The summed E-state index contributed by atoms with van der Waals surface area (Å²) >= 11 is 0. The van der Waals surface area contributed by atoms with Crippen molar-refractivity contribution in [3.63, 3.8) is 0 Å². The van der Waals surface area contributed by atoms with E-state index in [1.165, 1.54) is 20.3 Å². The number of nitrogens with one attached hydrogen (secondary N) is 1. The minimum absolute atomic E-state index is 0.109. The number of amides is 1. The highest BCUT2D eigenvalue weighted by molar-refractivity contribution is 5.99. The smallest absolute Gasteiger partial charge is 0.305 e. The molecule has 0 spiro atoms. The van der Waals surface area contributed by atoms with Crippen molar-refractivity contribution in [1.29, 1.82) is 0 Å². The normalized spacial score (nSPS) is 10.0. The fourth-order valence-corrected chi connectivity index (χ4v) is 2.10. The number of esters is 1. The third-order valence-corrected chi connectivity index (χ3v) is 3.34. The van der Waals surface area contributed by atoms with Gasteiger partial charge in [0, 0.05) is 19.0 Å². The molecule has 9 nitrogen and oxygen atoms in total. The van der Waals surface area contributed by atoms with Crippen LogP contribution in [0.15, 0.2) is 12.1 Å². The molecule has 0 unspecified atom stereocenters. The molecule has 1 amide bonds. The highest BCUT2D eigenvalue weighted by Crippen LogP contribution is 2.34. The van der Waals surface area contributed by atoms with E-state index in [0.717, 1.165) is 6.07 Å². The Morgan fingerprint density at radius 2 is 1.92 bits per heavy atom. The van der Waals surface area contributed by atoms with Crippen LogP contribution < -0.4 is 14.8 Å². The summed E-state index contributed by atoms with van der Waals surface area (Å²) in [6, 6.07) is 2.46. The molecule has 25 heavy (non-hydrogen) atoms. The van der Waals surface area contributed by atoms with Gasteiger partial charge in [-0.3, -0.25) is 19.7 Å². The van der Waals surface area contributed by atoms with Gasteiger partial charge in [-0.2, -0.15) is 0 Å². The van der Waals surface area contributed by atoms with Crippen LogP contribution in [0.2, 0.25) is 0 Å². The Morgan fingerprint density at radius 3 is 2.48 bits per heavy atom. The van der Waals surface area contributed by atoms with Crippen LogP contribution in [0.3, 0.4) is 0 Å². The van der Waals surface area contributed by atoms with Gasteiger partial charge in [0.15, 0.2) is 11.5 Å². The molecule has 1 rings (SSSR count). The standard InChI is InChI=1S/C16H22N2O7/c1-4-25-14-9-11(12(18(21)22)10-13(14)23-2)16(20)17-8-6-5-7-15(19)24-3/h9-10H,4-8H2,1-3H3,(H,17,20). The first-order chi connectivity index (χ1) is 11.9. The number of benzene rings is 1. The third kappa shape index (κ3) is 5.94. The van der Waals surface area contributed by atoms with Crippen molar-refractivity contribution in [2.24, 2.45) is 0 Å². The molecule has 0 fully saturated rings. The Morgan fingerprint density at radius 1 is 1.20 bits per heavy atom. The summed E-state index contributed by atoms with van der Waals surface area (Å²) < 4.78 is 14.9. The number of hydrogen-bond acceptors (Lipinski definition) is 7. The molecule has 138 valence electrons. The Kier molecular flexibility index (Phi) is 8.17. The van der Waals surface area contributed by atoms with Crippen LogP contribution in [0.5, 0.6) is 11.5 Å². The van der Waals surface area contributed by atoms with E-state index in [0.29, 0.717) is 19.4 Å². The van der Waals surface area contributed by atoms with Gasteiger partial charge >= 0.3 is 5.97 Å². The van der Waals surface area contributed by atoms with Gasteiger partial charge in [0.1, 0.15) is 5.56 Å². The lowest BCUT2D eigenvalue weighted by Crippen LogP contribution is -2.25. The predicted octanol–water partition coefficient (Wildman–Crippen LogP) is 2.08. The molecule has 0 heterocycles. The van der Waals surface area contributed by atoms with Gasteiger partial charge in [0.25, 0.3) is 11.6 Å². The van der Waals surface area contributed by atoms with E-state index in [1.54, 1.807) is 6.92 Å². The number of nitro benzene ring substituents is 1. The second-order valence-electron chi connectivity index (χ2n) is 5.00. The molecule has 1 aromatic rings. The molecule has 1 aromatic carbocycles. The number of nitrogens with zero attached hydrogens (tertiary/aromatic N) is 1. The van der Waals surface area contributed by atoms with Crippen LogP contribution >= 0.6 is 0 Å². The molecule has 0 radical (unpaired) electrons. The number of ether oxygens (including phenoxy) is 3. The Bertz CT molecular complexity index is 631. The SMILES string of the molecule is CCOc1cc(C(=O)NCCCCC(=O)OC)c([N+](=O)[O-])cc1OC. The fourth-order valence-electron chi connectivity index (χ4n) is 2.10. The maximum absolute atomic E-state index is 12.3. The number of nitro groups is 1. The van der Waals surface area contributed by atoms with E-state index in [2.05, 4.69) is 10.1 Å². The molecular weight excluding hydrogens is 332 g/mol. The number of rotatable bonds is 10. The number of unbranched alkanes of at least 4 members (excludes halogenated alkanes) is 1. The average Bonchev–Trinajstić information content (AvgIpc) is 2.60. The monoisotopic (exact) mass is 354 g/mol. The van der Waals surface area contributed by atoms with E-state index >= 15 is 0 Å². The molecule has 0 bridgehead atoms. The lowest BCUT2D eigenvalue weighted by Gasteiger charge is -2.12. The van der Waals surface area contributed by atoms with Crippen LogP contribution in [-0.2, 0) is 9.53 Å². The summed E-state index contributed by atoms with van der Waals surface area (Å²) in [5, 5.41) is 13.8. The van der Waals surface area contributed by atoms with Crippen molar-refractivity contribution in [2.45, 2.75) is 26.2 Å². The lowest BCUT2D eigenvalue weighted by atomic mass is 10.1. The number of carbonyl (C=O) groups is 2. The van der Waals surface area contributed by atoms with E-state index in [4.69, 9.17) is 9.47 Å². The molecule has 9 heteroatoms. The summed E-state index contributed by atoms with van der Waals surface area (Å²) in [4.78, 5) is 33.9. The van der Waals surface area contributed by atoms with E-state index in [9.17, 15) is 19.7 Å². The molecule has 0 aliphatic rings. The zero-order chi connectivity index (χ0) is 18.8. The van der Waals surface area contributed by atoms with Gasteiger partial charge in [-0.1, -0.05) is 0 Å². The lowest BCUT2D eigenvalue weighted by molar-refractivity contribution is -0.385. The molecular formula is C16H22N2O7. The Hall–Kier alpha value is -2.84. The Balaban J connectivity index is 2.83. The van der Waals surface area contributed by atoms with Crippen molar-refractivity contribution >= 4 is 17.6 Å². The molecule has 1 N–H and O–H groups in total. The number of methoxy groups -OCH3 is 2. The van der Waals surface area contributed by atoms with Crippen molar-refractivity contribution in [3.8, 4) is 11.5 Å². The summed E-state index contributed by atoms with van der Waals surface area (Å²) in [5.41, 5.74) is -0.477. The Labute approximate surface area is 145 Å².